The van der Waals surface area contributed by atoms with Gasteiger partial charge in [0, 0.05) is 16.7 Å². The maximum Gasteiger partial charge on any atom is 0.0511 e. The predicted molar refractivity (Wildman–Crippen MR) is 68.9 cm³/mol. The van der Waals surface area contributed by atoms with E-state index in [1.165, 1.54) is 21.7 Å². The van der Waals surface area contributed by atoms with Gasteiger partial charge in [0.2, 0.25) is 0 Å². The van der Waals surface area contributed by atoms with Crippen LogP contribution in [0.3, 0.4) is 0 Å². The van der Waals surface area contributed by atoms with E-state index in [-0.39, 0.29) is 0 Å². The number of hydrogen-bond donors (Lipinski definition) is 1. The maximum atomic E-state index is 3.58. The topological polar surface area (TPSA) is 12.0 Å². The smallest absolute Gasteiger partial charge is 0.0511 e. The third-order valence-electron chi connectivity index (χ3n) is 3.20. The van der Waals surface area contributed by atoms with E-state index in [0.717, 1.165) is 12.5 Å². The maximum absolute atomic E-state index is 3.58. The average molecular weight is 221 g/mol. The van der Waals surface area contributed by atoms with Crippen LogP contribution in [0.25, 0.3) is 0 Å². The molecule has 1 atom stereocenters. The van der Waals surface area contributed by atoms with E-state index in [9.17, 15) is 0 Å². The molecule has 0 amide bonds. The van der Waals surface area contributed by atoms with Crippen LogP contribution in [0.1, 0.15) is 25.0 Å². The number of anilines is 1. The minimum absolute atomic E-state index is 0.708. The number of benzene rings is 1. The SMILES string of the molecule is Cc1ccc2c(c1C)NCC(C(C)C)S2. The molecule has 0 bridgehead atoms. The minimum Gasteiger partial charge on any atom is -0.383 e. The molecule has 0 fully saturated rings. The molecule has 2 heteroatoms. The molecule has 1 unspecified atom stereocenters. The van der Waals surface area contributed by atoms with Crippen molar-refractivity contribution in [3.8, 4) is 0 Å². The van der Waals surface area contributed by atoms with Crippen LogP contribution >= 0.6 is 11.8 Å². The molecule has 1 aliphatic heterocycles. The molecule has 1 heterocycles. The molecule has 1 nitrogen and oxygen atoms in total. The van der Waals surface area contributed by atoms with Crippen LogP contribution < -0.4 is 5.32 Å². The van der Waals surface area contributed by atoms with Crippen LogP contribution in [0, 0.1) is 19.8 Å². The van der Waals surface area contributed by atoms with Gasteiger partial charge in [-0.3, -0.25) is 0 Å². The van der Waals surface area contributed by atoms with Crippen molar-refractivity contribution in [2.24, 2.45) is 5.92 Å². The summed E-state index contributed by atoms with van der Waals surface area (Å²) in [5.41, 5.74) is 4.14. The quantitative estimate of drug-likeness (QED) is 0.773. The van der Waals surface area contributed by atoms with E-state index < -0.39 is 0 Å². The lowest BCUT2D eigenvalue weighted by Gasteiger charge is -2.29. The molecule has 0 aliphatic carbocycles. The third kappa shape index (κ3) is 2.00. The van der Waals surface area contributed by atoms with Crippen molar-refractivity contribution >= 4 is 17.4 Å². The fourth-order valence-electron chi connectivity index (χ4n) is 1.89. The van der Waals surface area contributed by atoms with E-state index in [4.69, 9.17) is 0 Å². The van der Waals surface area contributed by atoms with Gasteiger partial charge in [0.1, 0.15) is 0 Å². The van der Waals surface area contributed by atoms with E-state index in [1.54, 1.807) is 0 Å². The zero-order valence-electron chi connectivity index (χ0n) is 9.92. The van der Waals surface area contributed by atoms with Crippen molar-refractivity contribution in [2.75, 3.05) is 11.9 Å². The van der Waals surface area contributed by atoms with Crippen LogP contribution in [0.2, 0.25) is 0 Å². The van der Waals surface area contributed by atoms with Crippen LogP contribution in [-0.2, 0) is 0 Å². The fourth-order valence-corrected chi connectivity index (χ4v) is 3.14. The van der Waals surface area contributed by atoms with E-state index >= 15 is 0 Å². The molecular formula is C13H19NS. The highest BCUT2D eigenvalue weighted by atomic mass is 32.2. The molecule has 1 aromatic rings. The van der Waals surface area contributed by atoms with Gasteiger partial charge in [-0.25, -0.2) is 0 Å². The molecule has 1 aliphatic rings. The largest absolute Gasteiger partial charge is 0.383 e. The average Bonchev–Trinajstić information content (AvgIpc) is 2.23. The fraction of sp³-hybridized carbons (Fsp3) is 0.538. The Morgan fingerprint density at radius 3 is 2.73 bits per heavy atom. The zero-order chi connectivity index (χ0) is 11.0. The first-order valence-electron chi connectivity index (χ1n) is 5.60. The monoisotopic (exact) mass is 221 g/mol. The summed E-state index contributed by atoms with van der Waals surface area (Å²) in [5, 5.41) is 4.29. The van der Waals surface area contributed by atoms with Crippen molar-refractivity contribution in [2.45, 2.75) is 37.8 Å². The first-order chi connectivity index (χ1) is 7.09. The van der Waals surface area contributed by atoms with Crippen molar-refractivity contribution in [1.82, 2.24) is 0 Å². The van der Waals surface area contributed by atoms with Gasteiger partial charge in [0.25, 0.3) is 0 Å². The summed E-state index contributed by atoms with van der Waals surface area (Å²) < 4.78 is 0. The Balaban J connectivity index is 2.32. The molecule has 0 aromatic heterocycles. The number of rotatable bonds is 1. The van der Waals surface area contributed by atoms with Gasteiger partial charge in [-0.05, 0) is 37.0 Å². The molecule has 1 N–H and O–H groups in total. The first kappa shape index (κ1) is 10.9. The standard InChI is InChI=1S/C13H19NS/c1-8(2)12-7-14-13-10(4)9(3)5-6-11(13)15-12/h5-6,8,12,14H,7H2,1-4H3. The predicted octanol–water partition coefficient (Wildman–Crippen LogP) is 3.85. The Morgan fingerprint density at radius 1 is 1.33 bits per heavy atom. The van der Waals surface area contributed by atoms with Gasteiger partial charge in [-0.2, -0.15) is 0 Å². The van der Waals surface area contributed by atoms with E-state index in [2.05, 4.69) is 45.1 Å². The van der Waals surface area contributed by atoms with Gasteiger partial charge in [-0.1, -0.05) is 19.9 Å². The number of fused-ring (bicyclic) bond motifs is 1. The lowest BCUT2D eigenvalue weighted by atomic mass is 10.1. The molecular weight excluding hydrogens is 202 g/mol. The molecule has 1 aromatic carbocycles. The summed E-state index contributed by atoms with van der Waals surface area (Å²) in [7, 11) is 0. The Morgan fingerprint density at radius 2 is 2.07 bits per heavy atom. The van der Waals surface area contributed by atoms with Crippen LogP contribution in [0.5, 0.6) is 0 Å². The molecule has 0 radical (unpaired) electrons. The number of thioether (sulfide) groups is 1. The van der Waals surface area contributed by atoms with Gasteiger partial charge in [0.05, 0.1) is 5.69 Å². The summed E-state index contributed by atoms with van der Waals surface area (Å²) in [6, 6.07) is 4.48. The van der Waals surface area contributed by atoms with Crippen molar-refractivity contribution < 1.29 is 0 Å². The van der Waals surface area contributed by atoms with Crippen molar-refractivity contribution in [3.05, 3.63) is 23.3 Å². The van der Waals surface area contributed by atoms with Crippen LogP contribution in [0.4, 0.5) is 5.69 Å². The van der Waals surface area contributed by atoms with E-state index in [1.807, 2.05) is 11.8 Å². The van der Waals surface area contributed by atoms with Crippen molar-refractivity contribution in [3.63, 3.8) is 0 Å². The lowest BCUT2D eigenvalue weighted by molar-refractivity contribution is 0.619. The van der Waals surface area contributed by atoms with Gasteiger partial charge in [-0.15, -0.1) is 11.8 Å². The van der Waals surface area contributed by atoms with Crippen LogP contribution in [0.15, 0.2) is 17.0 Å². The molecule has 15 heavy (non-hydrogen) atoms. The van der Waals surface area contributed by atoms with Crippen molar-refractivity contribution in [1.29, 1.82) is 0 Å². The number of aryl methyl sites for hydroxylation is 1. The highest BCUT2D eigenvalue weighted by Gasteiger charge is 2.22. The highest BCUT2D eigenvalue weighted by Crippen LogP contribution is 2.40. The van der Waals surface area contributed by atoms with Gasteiger partial charge in [0.15, 0.2) is 0 Å². The molecule has 2 rings (SSSR count). The first-order valence-corrected chi connectivity index (χ1v) is 6.48. The highest BCUT2D eigenvalue weighted by molar-refractivity contribution is 8.00. The normalized spacial score (nSPS) is 19.9. The summed E-state index contributed by atoms with van der Waals surface area (Å²) in [5.74, 6) is 0.734. The van der Waals surface area contributed by atoms with Gasteiger partial charge >= 0.3 is 0 Å². The molecule has 82 valence electrons. The lowest BCUT2D eigenvalue weighted by Crippen LogP contribution is -2.26. The van der Waals surface area contributed by atoms with Gasteiger partial charge < -0.3 is 5.32 Å². The summed E-state index contributed by atoms with van der Waals surface area (Å²) in [6.45, 7) is 10.1. The minimum atomic E-state index is 0.708. The summed E-state index contributed by atoms with van der Waals surface area (Å²) in [6.07, 6.45) is 0. The van der Waals surface area contributed by atoms with E-state index in [0.29, 0.717) is 5.25 Å². The second kappa shape index (κ2) is 4.09. The Labute approximate surface area is 96.7 Å². The van der Waals surface area contributed by atoms with Crippen LogP contribution in [-0.4, -0.2) is 11.8 Å². The Kier molecular flexibility index (Phi) is 2.96. The molecule has 0 spiro atoms. The summed E-state index contributed by atoms with van der Waals surface area (Å²) in [4.78, 5) is 1.42. The summed E-state index contributed by atoms with van der Waals surface area (Å²) >= 11 is 2.03. The molecule has 0 saturated carbocycles. The Bertz CT molecular complexity index is 371. The second-order valence-corrected chi connectivity index (χ2v) is 5.94. The number of nitrogens with one attached hydrogen (secondary N) is 1. The number of hydrogen-bond acceptors (Lipinski definition) is 2. The molecule has 0 saturated heterocycles. The third-order valence-corrected chi connectivity index (χ3v) is 4.81. The zero-order valence-corrected chi connectivity index (χ0v) is 10.7. The Hall–Kier alpha value is -0.630. The second-order valence-electron chi connectivity index (χ2n) is 4.66.